The highest BCUT2D eigenvalue weighted by Crippen LogP contribution is 2.27. The quantitative estimate of drug-likeness (QED) is 0.236. The van der Waals surface area contributed by atoms with Crippen molar-refractivity contribution in [2.75, 3.05) is 32.8 Å². The number of carbonyl (C=O) groups is 4. The minimum atomic E-state index is -1.90. The summed E-state index contributed by atoms with van der Waals surface area (Å²) in [6.07, 6.45) is -0.929. The third-order valence-electron chi connectivity index (χ3n) is 6.74. The van der Waals surface area contributed by atoms with Crippen molar-refractivity contribution < 1.29 is 51.0 Å². The molecule has 3 aromatic rings. The SMILES string of the molecule is O=C(O)C[C@H](NC(=O)CN1CCN(Cc2cc(F)cc(-c3ccccc3)c2)C(=O)C1)C(=O)COc1c(F)c(F)cc(F)c1F. The number of rotatable bonds is 12. The van der Waals surface area contributed by atoms with E-state index in [2.05, 4.69) is 10.1 Å². The van der Waals surface area contributed by atoms with Gasteiger partial charge in [0.15, 0.2) is 23.2 Å². The summed E-state index contributed by atoms with van der Waals surface area (Å²) >= 11 is 0. The molecule has 0 saturated carbocycles. The Hall–Kier alpha value is -4.85. The molecule has 1 saturated heterocycles. The van der Waals surface area contributed by atoms with Crippen LogP contribution in [-0.2, 0) is 25.7 Å². The number of hydrogen-bond donors (Lipinski definition) is 2. The molecule has 232 valence electrons. The summed E-state index contributed by atoms with van der Waals surface area (Å²) in [5.41, 5.74) is 2.03. The Morgan fingerprint density at radius 1 is 0.909 bits per heavy atom. The van der Waals surface area contributed by atoms with E-state index in [-0.39, 0.29) is 38.2 Å². The van der Waals surface area contributed by atoms with Crippen LogP contribution in [0, 0.1) is 29.1 Å². The molecule has 0 unspecified atom stereocenters. The molecule has 4 rings (SSSR count). The van der Waals surface area contributed by atoms with Crippen LogP contribution in [0.4, 0.5) is 22.0 Å². The number of Topliss-reactive ketones (excluding diaryl/α,β-unsaturated/α-hetero) is 1. The Bertz CT molecular complexity index is 1550. The zero-order valence-electron chi connectivity index (χ0n) is 23.0. The number of amides is 2. The van der Waals surface area contributed by atoms with Crippen molar-refractivity contribution in [3.63, 3.8) is 0 Å². The Morgan fingerprint density at radius 3 is 2.23 bits per heavy atom. The maximum absolute atomic E-state index is 14.3. The van der Waals surface area contributed by atoms with Crippen molar-refractivity contribution in [3.8, 4) is 16.9 Å². The van der Waals surface area contributed by atoms with Gasteiger partial charge in [0.1, 0.15) is 18.5 Å². The minimum Gasteiger partial charge on any atom is -0.481 e. The molecule has 1 aliphatic rings. The zero-order chi connectivity index (χ0) is 32.0. The number of aliphatic carboxylic acids is 1. The van der Waals surface area contributed by atoms with Gasteiger partial charge < -0.3 is 20.1 Å². The number of benzene rings is 3. The van der Waals surface area contributed by atoms with Gasteiger partial charge in [-0.1, -0.05) is 30.3 Å². The number of carboxylic acids is 1. The van der Waals surface area contributed by atoms with Gasteiger partial charge in [0.05, 0.1) is 19.5 Å². The number of nitrogens with zero attached hydrogens (tertiary/aromatic N) is 2. The maximum atomic E-state index is 14.3. The number of hydrogen-bond acceptors (Lipinski definition) is 6. The fourth-order valence-electron chi connectivity index (χ4n) is 4.60. The molecule has 0 spiro atoms. The van der Waals surface area contributed by atoms with Crippen molar-refractivity contribution in [3.05, 3.63) is 89.2 Å². The Balaban J connectivity index is 1.32. The van der Waals surface area contributed by atoms with Crippen LogP contribution in [-0.4, -0.2) is 77.3 Å². The van der Waals surface area contributed by atoms with Gasteiger partial charge in [-0.05, 0) is 34.9 Å². The molecular formula is C30H26F5N3O6. The molecule has 1 heterocycles. The second-order valence-corrected chi connectivity index (χ2v) is 10.0. The highest BCUT2D eigenvalue weighted by molar-refractivity contribution is 5.93. The first-order valence-corrected chi connectivity index (χ1v) is 13.3. The number of piperazine rings is 1. The van der Waals surface area contributed by atoms with E-state index in [1.54, 1.807) is 6.07 Å². The Kier molecular flexibility index (Phi) is 10.3. The van der Waals surface area contributed by atoms with E-state index in [1.807, 2.05) is 30.3 Å². The summed E-state index contributed by atoms with van der Waals surface area (Å²) in [6, 6.07) is 11.9. The molecule has 14 heteroatoms. The van der Waals surface area contributed by atoms with E-state index in [1.165, 1.54) is 21.9 Å². The number of carbonyl (C=O) groups excluding carboxylic acids is 3. The van der Waals surface area contributed by atoms with E-state index >= 15 is 0 Å². The van der Waals surface area contributed by atoms with Gasteiger partial charge in [0, 0.05) is 25.7 Å². The van der Waals surface area contributed by atoms with Gasteiger partial charge in [-0.2, -0.15) is 8.78 Å². The minimum absolute atomic E-state index is 0.0549. The summed E-state index contributed by atoms with van der Waals surface area (Å²) in [5.74, 6) is -13.1. The molecule has 3 aromatic carbocycles. The molecular weight excluding hydrogens is 593 g/mol. The number of ketones is 1. The smallest absolute Gasteiger partial charge is 0.305 e. The second-order valence-electron chi connectivity index (χ2n) is 10.0. The maximum Gasteiger partial charge on any atom is 0.305 e. The molecule has 2 N–H and O–H groups in total. The summed E-state index contributed by atoms with van der Waals surface area (Å²) < 4.78 is 73.4. The van der Waals surface area contributed by atoms with E-state index in [0.717, 1.165) is 5.56 Å². The molecule has 1 atom stereocenters. The highest BCUT2D eigenvalue weighted by Gasteiger charge is 2.29. The molecule has 0 aliphatic carbocycles. The van der Waals surface area contributed by atoms with Gasteiger partial charge in [-0.25, -0.2) is 13.2 Å². The lowest BCUT2D eigenvalue weighted by Crippen LogP contribution is -2.54. The number of ether oxygens (including phenoxy) is 1. The molecule has 2 amide bonds. The second kappa shape index (κ2) is 14.1. The number of nitrogens with one attached hydrogen (secondary N) is 1. The highest BCUT2D eigenvalue weighted by atomic mass is 19.2. The molecule has 1 aliphatic heterocycles. The van der Waals surface area contributed by atoms with Crippen molar-refractivity contribution >= 4 is 23.6 Å². The lowest BCUT2D eigenvalue weighted by Gasteiger charge is -2.34. The van der Waals surface area contributed by atoms with Crippen LogP contribution in [0.1, 0.15) is 12.0 Å². The van der Waals surface area contributed by atoms with Gasteiger partial charge in [0.25, 0.3) is 0 Å². The fourth-order valence-corrected chi connectivity index (χ4v) is 4.60. The third kappa shape index (κ3) is 8.16. The third-order valence-corrected chi connectivity index (χ3v) is 6.74. The van der Waals surface area contributed by atoms with Gasteiger partial charge in [-0.15, -0.1) is 0 Å². The molecule has 44 heavy (non-hydrogen) atoms. The number of carboxylic acid groups (broad SMARTS) is 1. The first-order chi connectivity index (χ1) is 20.9. The summed E-state index contributed by atoms with van der Waals surface area (Å²) in [4.78, 5) is 52.2. The van der Waals surface area contributed by atoms with Crippen LogP contribution in [0.5, 0.6) is 5.75 Å². The van der Waals surface area contributed by atoms with E-state index < -0.39 is 78.1 Å². The van der Waals surface area contributed by atoms with Crippen molar-refractivity contribution in [2.45, 2.75) is 19.0 Å². The topological polar surface area (TPSA) is 116 Å². The molecule has 0 radical (unpaired) electrons. The summed E-state index contributed by atoms with van der Waals surface area (Å²) in [7, 11) is 0. The summed E-state index contributed by atoms with van der Waals surface area (Å²) in [6.45, 7) is -1.26. The predicted octanol–water partition coefficient (Wildman–Crippen LogP) is 3.30. The largest absolute Gasteiger partial charge is 0.481 e. The van der Waals surface area contributed by atoms with Crippen LogP contribution in [0.3, 0.4) is 0 Å². The van der Waals surface area contributed by atoms with E-state index in [4.69, 9.17) is 5.11 Å². The average Bonchev–Trinajstić information content (AvgIpc) is 2.97. The van der Waals surface area contributed by atoms with Gasteiger partial charge >= 0.3 is 5.97 Å². The standard InChI is InChI=1S/C30H26F5N3O6/c31-20-9-17(8-19(10-20)18-4-2-1-3-5-18)13-38-7-6-37(15-26(38)41)14-25(40)36-23(12-27(42)43)24(39)16-44-30-28(34)21(32)11-22(33)29(30)35/h1-5,8-11,23H,6-7,12-16H2,(H,36,40)(H,42,43)/t23-/m0/s1. The molecule has 0 bridgehead atoms. The van der Waals surface area contributed by atoms with Crippen molar-refractivity contribution in [2.24, 2.45) is 0 Å². The first-order valence-electron chi connectivity index (χ1n) is 13.3. The van der Waals surface area contributed by atoms with Crippen LogP contribution in [0.15, 0.2) is 54.6 Å². The Labute approximate surface area is 247 Å². The number of halogens is 5. The predicted molar refractivity (Wildman–Crippen MR) is 145 cm³/mol. The van der Waals surface area contributed by atoms with Gasteiger partial charge in [0.2, 0.25) is 23.4 Å². The fraction of sp³-hybridized carbons (Fsp3) is 0.267. The lowest BCUT2D eigenvalue weighted by molar-refractivity contribution is -0.140. The van der Waals surface area contributed by atoms with Gasteiger partial charge in [-0.3, -0.25) is 24.1 Å². The molecule has 9 nitrogen and oxygen atoms in total. The Morgan fingerprint density at radius 2 is 1.59 bits per heavy atom. The monoisotopic (exact) mass is 619 g/mol. The van der Waals surface area contributed by atoms with Crippen LogP contribution < -0.4 is 10.1 Å². The molecule has 1 fully saturated rings. The zero-order valence-corrected chi connectivity index (χ0v) is 23.0. The van der Waals surface area contributed by atoms with Crippen molar-refractivity contribution in [1.82, 2.24) is 15.1 Å². The lowest BCUT2D eigenvalue weighted by atomic mass is 10.0. The van der Waals surface area contributed by atoms with E-state index in [0.29, 0.717) is 11.1 Å². The van der Waals surface area contributed by atoms with E-state index in [9.17, 15) is 41.1 Å². The van der Waals surface area contributed by atoms with Crippen LogP contribution in [0.2, 0.25) is 0 Å². The summed E-state index contributed by atoms with van der Waals surface area (Å²) in [5, 5.41) is 11.3. The van der Waals surface area contributed by atoms with Crippen LogP contribution in [0.25, 0.3) is 11.1 Å². The molecule has 0 aromatic heterocycles. The normalized spacial score (nSPS) is 14.3. The average molecular weight is 620 g/mol. The first kappa shape index (κ1) is 32.1. The van der Waals surface area contributed by atoms with Crippen molar-refractivity contribution in [1.29, 1.82) is 0 Å². The van der Waals surface area contributed by atoms with Crippen LogP contribution >= 0.6 is 0 Å².